The Morgan fingerprint density at radius 3 is 2.58 bits per heavy atom. The first-order valence-electron chi connectivity index (χ1n) is 4.03. The molecule has 1 heterocycles. The smallest absolute Gasteiger partial charge is 0.0898 e. The second-order valence-corrected chi connectivity index (χ2v) is 4.24. The van der Waals surface area contributed by atoms with Crippen LogP contribution in [0.25, 0.3) is 0 Å². The third kappa shape index (κ3) is 2.03. The van der Waals surface area contributed by atoms with Crippen molar-refractivity contribution in [1.29, 1.82) is 0 Å². The Labute approximate surface area is 77.0 Å². The average Bonchev–Trinajstić information content (AvgIpc) is 2.37. The van der Waals surface area contributed by atoms with Gasteiger partial charge >= 0.3 is 0 Å². The summed E-state index contributed by atoms with van der Waals surface area (Å²) < 4.78 is 0. The number of aryl methyl sites for hydroxylation is 1. The van der Waals surface area contributed by atoms with E-state index in [-0.39, 0.29) is 6.04 Å². The van der Waals surface area contributed by atoms with Crippen LogP contribution >= 0.6 is 11.3 Å². The van der Waals surface area contributed by atoms with E-state index in [9.17, 15) is 0 Å². The molecular weight excluding hydrogens is 170 g/mol. The zero-order valence-electron chi connectivity index (χ0n) is 7.66. The Kier molecular flexibility index (Phi) is 3.20. The molecule has 0 saturated carbocycles. The number of nitrogens with one attached hydrogen (secondary N) is 1. The molecule has 0 aliphatic carbocycles. The van der Waals surface area contributed by atoms with Crippen molar-refractivity contribution in [3.8, 4) is 0 Å². The fraction of sp³-hybridized carbons (Fsp3) is 0.625. The maximum absolute atomic E-state index is 5.43. The normalized spacial score (nSPS) is 13.8. The predicted octanol–water partition coefficient (Wildman–Crippen LogP) is 1.61. The predicted molar refractivity (Wildman–Crippen MR) is 51.8 cm³/mol. The van der Waals surface area contributed by atoms with Gasteiger partial charge in [-0.05, 0) is 12.8 Å². The summed E-state index contributed by atoms with van der Waals surface area (Å²) in [5.74, 6) is 5.90. The summed E-state index contributed by atoms with van der Waals surface area (Å²) in [5, 5.41) is 3.14. The lowest BCUT2D eigenvalue weighted by atomic mass is 10.0. The van der Waals surface area contributed by atoms with Crippen LogP contribution in [-0.2, 0) is 0 Å². The first-order chi connectivity index (χ1) is 5.65. The van der Waals surface area contributed by atoms with Crippen molar-refractivity contribution >= 4 is 11.3 Å². The van der Waals surface area contributed by atoms with Crippen LogP contribution in [0.1, 0.15) is 30.6 Å². The van der Waals surface area contributed by atoms with E-state index in [2.05, 4.69) is 29.6 Å². The fourth-order valence-corrected chi connectivity index (χ4v) is 1.79. The molecule has 0 amide bonds. The minimum atomic E-state index is 0.176. The molecule has 1 atom stereocenters. The molecule has 1 rings (SSSR count). The molecule has 68 valence electrons. The van der Waals surface area contributed by atoms with E-state index in [1.807, 2.05) is 6.92 Å². The molecule has 0 saturated heterocycles. The van der Waals surface area contributed by atoms with E-state index in [1.54, 1.807) is 11.3 Å². The summed E-state index contributed by atoms with van der Waals surface area (Å²) >= 11 is 1.66. The van der Waals surface area contributed by atoms with Crippen molar-refractivity contribution in [2.45, 2.75) is 26.8 Å². The number of hydrazine groups is 1. The third-order valence-corrected chi connectivity index (χ3v) is 2.59. The van der Waals surface area contributed by atoms with Gasteiger partial charge in [-0.3, -0.25) is 11.3 Å². The molecule has 1 aromatic rings. The van der Waals surface area contributed by atoms with Gasteiger partial charge in [0.05, 0.1) is 16.7 Å². The molecule has 1 unspecified atom stereocenters. The molecule has 0 spiro atoms. The lowest BCUT2D eigenvalue weighted by Crippen LogP contribution is -2.31. The SMILES string of the molecule is Cc1nc(C(NN)C(C)C)cs1. The summed E-state index contributed by atoms with van der Waals surface area (Å²) in [6.07, 6.45) is 0. The molecule has 0 aliphatic rings. The van der Waals surface area contributed by atoms with Crippen molar-refractivity contribution in [2.24, 2.45) is 11.8 Å². The highest BCUT2D eigenvalue weighted by atomic mass is 32.1. The maximum atomic E-state index is 5.43. The van der Waals surface area contributed by atoms with Crippen molar-refractivity contribution in [2.75, 3.05) is 0 Å². The molecule has 12 heavy (non-hydrogen) atoms. The first-order valence-corrected chi connectivity index (χ1v) is 4.91. The summed E-state index contributed by atoms with van der Waals surface area (Å²) in [6, 6.07) is 0.176. The molecule has 0 aliphatic heterocycles. The highest BCUT2D eigenvalue weighted by molar-refractivity contribution is 7.09. The molecule has 0 fully saturated rings. The topological polar surface area (TPSA) is 50.9 Å². The lowest BCUT2D eigenvalue weighted by Gasteiger charge is -2.16. The van der Waals surface area contributed by atoms with Gasteiger partial charge < -0.3 is 0 Å². The lowest BCUT2D eigenvalue weighted by molar-refractivity contribution is 0.413. The van der Waals surface area contributed by atoms with E-state index in [4.69, 9.17) is 5.84 Å². The Morgan fingerprint density at radius 2 is 2.25 bits per heavy atom. The number of aromatic nitrogens is 1. The van der Waals surface area contributed by atoms with Gasteiger partial charge in [0, 0.05) is 5.38 Å². The summed E-state index contributed by atoms with van der Waals surface area (Å²) in [6.45, 7) is 6.25. The zero-order chi connectivity index (χ0) is 9.14. The monoisotopic (exact) mass is 185 g/mol. The maximum Gasteiger partial charge on any atom is 0.0898 e. The molecular formula is C8H15N3S. The fourth-order valence-electron chi connectivity index (χ4n) is 1.14. The van der Waals surface area contributed by atoms with Crippen LogP contribution in [0.2, 0.25) is 0 Å². The number of nitrogens with zero attached hydrogens (tertiary/aromatic N) is 1. The summed E-state index contributed by atoms with van der Waals surface area (Å²) in [7, 11) is 0. The second kappa shape index (κ2) is 3.98. The van der Waals surface area contributed by atoms with Crippen LogP contribution in [0.3, 0.4) is 0 Å². The standard InChI is InChI=1S/C8H15N3S/c1-5(2)8(11-9)7-4-12-6(3)10-7/h4-5,8,11H,9H2,1-3H3. The molecule has 0 radical (unpaired) electrons. The summed E-state index contributed by atoms with van der Waals surface area (Å²) in [5.41, 5.74) is 3.83. The zero-order valence-corrected chi connectivity index (χ0v) is 8.48. The third-order valence-electron chi connectivity index (χ3n) is 1.80. The highest BCUT2D eigenvalue weighted by Crippen LogP contribution is 2.21. The summed E-state index contributed by atoms with van der Waals surface area (Å²) in [4.78, 5) is 4.38. The highest BCUT2D eigenvalue weighted by Gasteiger charge is 2.15. The van der Waals surface area contributed by atoms with Gasteiger partial charge in [-0.25, -0.2) is 4.98 Å². The first kappa shape index (κ1) is 9.64. The van der Waals surface area contributed by atoms with Gasteiger partial charge in [0.2, 0.25) is 0 Å². The molecule has 0 bridgehead atoms. The number of thiazole rings is 1. The molecule has 0 aromatic carbocycles. The van der Waals surface area contributed by atoms with Crippen LogP contribution in [-0.4, -0.2) is 4.98 Å². The van der Waals surface area contributed by atoms with Gasteiger partial charge in [0.1, 0.15) is 0 Å². The quantitative estimate of drug-likeness (QED) is 0.555. The Hall–Kier alpha value is -0.450. The van der Waals surface area contributed by atoms with E-state index in [0.29, 0.717) is 5.92 Å². The van der Waals surface area contributed by atoms with Gasteiger partial charge in [-0.2, -0.15) is 0 Å². The minimum absolute atomic E-state index is 0.176. The average molecular weight is 185 g/mol. The van der Waals surface area contributed by atoms with Crippen molar-refractivity contribution in [3.63, 3.8) is 0 Å². The van der Waals surface area contributed by atoms with Crippen LogP contribution < -0.4 is 11.3 Å². The van der Waals surface area contributed by atoms with Crippen LogP contribution in [0.5, 0.6) is 0 Å². The largest absolute Gasteiger partial charge is 0.271 e. The van der Waals surface area contributed by atoms with Gasteiger partial charge in [0.15, 0.2) is 0 Å². The van der Waals surface area contributed by atoms with Crippen molar-refractivity contribution < 1.29 is 0 Å². The van der Waals surface area contributed by atoms with E-state index in [0.717, 1.165) is 10.7 Å². The second-order valence-electron chi connectivity index (χ2n) is 3.18. The van der Waals surface area contributed by atoms with Crippen molar-refractivity contribution in [3.05, 3.63) is 16.1 Å². The number of hydrogen-bond donors (Lipinski definition) is 2. The van der Waals surface area contributed by atoms with E-state index < -0.39 is 0 Å². The van der Waals surface area contributed by atoms with Crippen LogP contribution in [0.4, 0.5) is 0 Å². The number of rotatable bonds is 3. The van der Waals surface area contributed by atoms with Gasteiger partial charge in [-0.1, -0.05) is 13.8 Å². The Morgan fingerprint density at radius 1 is 1.58 bits per heavy atom. The van der Waals surface area contributed by atoms with Crippen LogP contribution in [0, 0.1) is 12.8 Å². The molecule has 1 aromatic heterocycles. The molecule has 4 heteroatoms. The molecule has 3 nitrogen and oxygen atoms in total. The van der Waals surface area contributed by atoms with E-state index in [1.165, 1.54) is 0 Å². The van der Waals surface area contributed by atoms with E-state index >= 15 is 0 Å². The Balaban J connectivity index is 2.80. The number of hydrogen-bond acceptors (Lipinski definition) is 4. The van der Waals surface area contributed by atoms with Crippen LogP contribution in [0.15, 0.2) is 5.38 Å². The van der Waals surface area contributed by atoms with Gasteiger partial charge in [0.25, 0.3) is 0 Å². The molecule has 3 N–H and O–H groups in total. The number of nitrogens with two attached hydrogens (primary N) is 1. The van der Waals surface area contributed by atoms with Gasteiger partial charge in [-0.15, -0.1) is 11.3 Å². The minimum Gasteiger partial charge on any atom is -0.271 e. The van der Waals surface area contributed by atoms with Crippen molar-refractivity contribution in [1.82, 2.24) is 10.4 Å². The Bertz CT molecular complexity index is 244.